The molecule has 7 heteroatoms. The molecule has 1 aromatic carbocycles. The summed E-state index contributed by atoms with van der Waals surface area (Å²) < 4.78 is 10.4. The molecule has 0 unspecified atom stereocenters. The Morgan fingerprint density at radius 1 is 1.33 bits per heavy atom. The van der Waals surface area contributed by atoms with Gasteiger partial charge in [0.05, 0.1) is 17.7 Å². The number of carbonyl (C=O) groups is 2. The predicted molar refractivity (Wildman–Crippen MR) is 76.0 cm³/mol. The van der Waals surface area contributed by atoms with Crippen LogP contribution in [0.1, 0.15) is 23.2 Å². The SMILES string of the molecule is COC(=O)c1ccc(OC2CCN(C(=O)O)CC2)c(Cl)c1. The molecule has 0 aliphatic carbocycles. The third-order valence-electron chi connectivity index (χ3n) is 3.36. The Morgan fingerprint density at radius 2 is 2.00 bits per heavy atom. The number of methoxy groups -OCH3 is 1. The summed E-state index contributed by atoms with van der Waals surface area (Å²) in [6.45, 7) is 0.885. The van der Waals surface area contributed by atoms with Crippen molar-refractivity contribution >= 4 is 23.7 Å². The van der Waals surface area contributed by atoms with Crippen LogP contribution in [0.15, 0.2) is 18.2 Å². The lowest BCUT2D eigenvalue weighted by molar-refractivity contribution is 0.0600. The van der Waals surface area contributed by atoms with Crippen molar-refractivity contribution in [3.63, 3.8) is 0 Å². The minimum absolute atomic E-state index is 0.0814. The number of esters is 1. The number of nitrogens with zero attached hydrogens (tertiary/aromatic N) is 1. The quantitative estimate of drug-likeness (QED) is 0.868. The fourth-order valence-electron chi connectivity index (χ4n) is 2.19. The number of rotatable bonds is 3. The number of carboxylic acid groups (broad SMARTS) is 1. The molecule has 1 aliphatic heterocycles. The van der Waals surface area contributed by atoms with Crippen LogP contribution in [0, 0.1) is 0 Å². The fourth-order valence-corrected chi connectivity index (χ4v) is 2.41. The molecular formula is C14H16ClNO5. The Bertz CT molecular complexity index is 540. The van der Waals surface area contributed by atoms with Crippen molar-refractivity contribution < 1.29 is 24.2 Å². The van der Waals surface area contributed by atoms with Gasteiger partial charge in [0.2, 0.25) is 0 Å². The van der Waals surface area contributed by atoms with E-state index in [-0.39, 0.29) is 6.10 Å². The number of likely N-dealkylation sites (tertiary alicyclic amines) is 1. The highest BCUT2D eigenvalue weighted by Crippen LogP contribution is 2.28. The average Bonchev–Trinajstić information content (AvgIpc) is 2.49. The van der Waals surface area contributed by atoms with Crippen LogP contribution in [-0.2, 0) is 4.74 Å². The number of ether oxygens (including phenoxy) is 2. The summed E-state index contributed by atoms with van der Waals surface area (Å²) in [5.74, 6) is 0.0244. The minimum atomic E-state index is -0.908. The van der Waals surface area contributed by atoms with Crippen LogP contribution < -0.4 is 4.74 Å². The van der Waals surface area contributed by atoms with Crippen LogP contribution in [-0.4, -0.2) is 48.4 Å². The number of piperidine rings is 1. The van der Waals surface area contributed by atoms with E-state index >= 15 is 0 Å². The van der Waals surface area contributed by atoms with Gasteiger partial charge in [0.15, 0.2) is 0 Å². The van der Waals surface area contributed by atoms with Crippen LogP contribution in [0.25, 0.3) is 0 Å². The van der Waals surface area contributed by atoms with E-state index < -0.39 is 12.1 Å². The molecule has 1 heterocycles. The molecule has 0 bridgehead atoms. The van der Waals surface area contributed by atoms with E-state index in [9.17, 15) is 9.59 Å². The summed E-state index contributed by atoms with van der Waals surface area (Å²) in [5, 5.41) is 9.22. The molecule has 1 aliphatic rings. The lowest BCUT2D eigenvalue weighted by Crippen LogP contribution is -2.41. The molecule has 0 atom stereocenters. The first-order valence-corrected chi connectivity index (χ1v) is 6.91. The summed E-state index contributed by atoms with van der Waals surface area (Å²) in [7, 11) is 1.30. The van der Waals surface area contributed by atoms with Gasteiger partial charge in [-0.2, -0.15) is 0 Å². The third kappa shape index (κ3) is 3.78. The normalized spacial score (nSPS) is 15.6. The molecule has 1 N–H and O–H groups in total. The first-order valence-electron chi connectivity index (χ1n) is 6.53. The lowest BCUT2D eigenvalue weighted by Gasteiger charge is -2.30. The van der Waals surface area contributed by atoms with Crippen LogP contribution in [0.3, 0.4) is 0 Å². The molecule has 1 aromatic rings. The number of hydrogen-bond donors (Lipinski definition) is 1. The van der Waals surface area contributed by atoms with Crippen LogP contribution >= 0.6 is 11.6 Å². The van der Waals surface area contributed by atoms with Crippen LogP contribution in [0.5, 0.6) is 5.75 Å². The molecule has 114 valence electrons. The molecule has 21 heavy (non-hydrogen) atoms. The Labute approximate surface area is 127 Å². The number of benzene rings is 1. The number of halogens is 1. The number of hydrogen-bond acceptors (Lipinski definition) is 4. The van der Waals surface area contributed by atoms with Gasteiger partial charge in [-0.1, -0.05) is 11.6 Å². The average molecular weight is 314 g/mol. The van der Waals surface area contributed by atoms with Crippen LogP contribution in [0.2, 0.25) is 5.02 Å². The molecule has 0 aromatic heterocycles. The molecule has 6 nitrogen and oxygen atoms in total. The Hall–Kier alpha value is -1.95. The summed E-state index contributed by atoms with van der Waals surface area (Å²) in [6.07, 6.45) is 0.235. The summed E-state index contributed by atoms with van der Waals surface area (Å²) in [5.41, 5.74) is 0.357. The van der Waals surface area contributed by atoms with E-state index in [0.717, 1.165) is 0 Å². The number of amides is 1. The highest BCUT2D eigenvalue weighted by Gasteiger charge is 2.24. The van der Waals surface area contributed by atoms with E-state index in [1.54, 1.807) is 12.1 Å². The van der Waals surface area contributed by atoms with Gasteiger partial charge < -0.3 is 19.5 Å². The monoisotopic (exact) mass is 313 g/mol. The Morgan fingerprint density at radius 3 is 2.52 bits per heavy atom. The zero-order valence-electron chi connectivity index (χ0n) is 11.5. The van der Waals surface area contributed by atoms with Crippen molar-refractivity contribution in [3.8, 4) is 5.75 Å². The number of carbonyl (C=O) groups excluding carboxylic acids is 1. The van der Waals surface area contributed by atoms with Gasteiger partial charge in [-0.05, 0) is 18.2 Å². The van der Waals surface area contributed by atoms with Gasteiger partial charge in [0, 0.05) is 25.9 Å². The standard InChI is InChI=1S/C14H16ClNO5/c1-20-13(17)9-2-3-12(11(15)8-9)21-10-4-6-16(7-5-10)14(18)19/h2-3,8,10H,4-7H2,1H3,(H,18,19). The highest BCUT2D eigenvalue weighted by molar-refractivity contribution is 6.32. The van der Waals surface area contributed by atoms with Gasteiger partial charge in [-0.3, -0.25) is 0 Å². The van der Waals surface area contributed by atoms with Gasteiger partial charge in [0.25, 0.3) is 0 Å². The van der Waals surface area contributed by atoms with E-state index in [0.29, 0.717) is 42.3 Å². The maximum atomic E-state index is 11.4. The van der Waals surface area contributed by atoms with Gasteiger partial charge >= 0.3 is 12.1 Å². The third-order valence-corrected chi connectivity index (χ3v) is 3.65. The van der Waals surface area contributed by atoms with Crippen molar-refractivity contribution in [1.82, 2.24) is 4.90 Å². The van der Waals surface area contributed by atoms with Crippen molar-refractivity contribution in [1.29, 1.82) is 0 Å². The summed E-state index contributed by atoms with van der Waals surface area (Å²) in [4.78, 5) is 23.6. The topological polar surface area (TPSA) is 76.1 Å². The summed E-state index contributed by atoms with van der Waals surface area (Å²) in [6, 6.07) is 4.70. The molecule has 0 spiro atoms. The molecular weight excluding hydrogens is 298 g/mol. The zero-order valence-corrected chi connectivity index (χ0v) is 12.3. The van der Waals surface area contributed by atoms with Crippen molar-refractivity contribution in [3.05, 3.63) is 28.8 Å². The first-order chi connectivity index (χ1) is 10.0. The molecule has 2 rings (SSSR count). The maximum absolute atomic E-state index is 11.4. The predicted octanol–water partition coefficient (Wildman–Crippen LogP) is 2.65. The van der Waals surface area contributed by atoms with Gasteiger partial charge in [-0.25, -0.2) is 9.59 Å². The zero-order chi connectivity index (χ0) is 15.4. The van der Waals surface area contributed by atoms with Crippen molar-refractivity contribution in [2.24, 2.45) is 0 Å². The van der Waals surface area contributed by atoms with Gasteiger partial charge in [-0.15, -0.1) is 0 Å². The first kappa shape index (κ1) is 15.4. The second-order valence-corrected chi connectivity index (χ2v) is 5.13. The van der Waals surface area contributed by atoms with E-state index in [2.05, 4.69) is 4.74 Å². The molecule has 1 saturated heterocycles. The maximum Gasteiger partial charge on any atom is 0.407 e. The van der Waals surface area contributed by atoms with Crippen molar-refractivity contribution in [2.45, 2.75) is 18.9 Å². The van der Waals surface area contributed by atoms with E-state index in [4.69, 9.17) is 21.4 Å². The largest absolute Gasteiger partial charge is 0.489 e. The molecule has 0 radical (unpaired) electrons. The molecule has 1 amide bonds. The molecule has 0 saturated carbocycles. The van der Waals surface area contributed by atoms with E-state index in [1.165, 1.54) is 18.1 Å². The second kappa shape index (κ2) is 6.67. The highest BCUT2D eigenvalue weighted by atomic mass is 35.5. The second-order valence-electron chi connectivity index (χ2n) is 4.72. The fraction of sp³-hybridized carbons (Fsp3) is 0.429. The Kier molecular flexibility index (Phi) is 4.90. The Balaban J connectivity index is 1.98. The van der Waals surface area contributed by atoms with Crippen LogP contribution in [0.4, 0.5) is 4.79 Å². The lowest BCUT2D eigenvalue weighted by atomic mass is 10.1. The summed E-state index contributed by atoms with van der Waals surface area (Å²) >= 11 is 6.09. The minimum Gasteiger partial charge on any atom is -0.489 e. The molecule has 1 fully saturated rings. The van der Waals surface area contributed by atoms with Gasteiger partial charge in [0.1, 0.15) is 11.9 Å². The van der Waals surface area contributed by atoms with Crippen molar-refractivity contribution in [2.75, 3.05) is 20.2 Å². The van der Waals surface area contributed by atoms with E-state index in [1.807, 2.05) is 0 Å². The smallest absolute Gasteiger partial charge is 0.407 e.